The van der Waals surface area contributed by atoms with Crippen LogP contribution in [-0.2, 0) is 28.6 Å². The van der Waals surface area contributed by atoms with Gasteiger partial charge in [-0.3, -0.25) is 14.4 Å². The smallest absolute Gasteiger partial charge is 0.323 e. The number of carbonyl (C=O) groups excluding carboxylic acids is 3. The second-order valence-corrected chi connectivity index (χ2v) is 19.5. The molecule has 4 fully saturated rings. The van der Waals surface area contributed by atoms with Gasteiger partial charge in [-0.2, -0.15) is 0 Å². The Labute approximate surface area is 337 Å². The van der Waals surface area contributed by atoms with E-state index in [1.54, 1.807) is 0 Å². The number of carboxylic acid groups (broad SMARTS) is 1. The SMILES string of the molecule is CC(=O)O[C@@H]1C[C@]23COC[C@](C)([C@@H]2CC[C@H]2C3=CC[C@@]3(C)[C@H](C(=O)O)[C@@](C)([C@H](C)C(C)C)CC[C@]23C)[C@H]1OC(=O)C(N)CCCCNC(=O)Nc1ccc(F)cc1. The molecule has 4 aliphatic carbocycles. The van der Waals surface area contributed by atoms with Crippen molar-refractivity contribution >= 4 is 29.6 Å². The second-order valence-electron chi connectivity index (χ2n) is 19.5. The van der Waals surface area contributed by atoms with Gasteiger partial charge in [0.05, 0.1) is 19.1 Å². The lowest BCUT2D eigenvalue weighted by molar-refractivity contribution is -0.263. The van der Waals surface area contributed by atoms with Crippen LogP contribution in [0.3, 0.4) is 0 Å². The number of fused-ring (bicyclic) bond motifs is 3. The fourth-order valence-electron chi connectivity index (χ4n) is 12.8. The number of halogens is 1. The van der Waals surface area contributed by atoms with Crippen LogP contribution in [0, 0.1) is 62.5 Å². The maximum atomic E-state index is 13.7. The molecule has 1 aliphatic heterocycles. The second kappa shape index (κ2) is 15.9. The number of aliphatic carboxylic acids is 1. The van der Waals surface area contributed by atoms with Crippen LogP contribution in [0.15, 0.2) is 35.9 Å². The summed E-state index contributed by atoms with van der Waals surface area (Å²) >= 11 is 0. The van der Waals surface area contributed by atoms with Crippen molar-refractivity contribution in [2.75, 3.05) is 25.1 Å². The van der Waals surface area contributed by atoms with E-state index in [1.807, 2.05) is 0 Å². The highest BCUT2D eigenvalue weighted by Crippen LogP contribution is 2.75. The summed E-state index contributed by atoms with van der Waals surface area (Å²) in [6, 6.07) is 4.15. The minimum absolute atomic E-state index is 0.0901. The Morgan fingerprint density at radius 2 is 1.68 bits per heavy atom. The molecule has 12 heteroatoms. The van der Waals surface area contributed by atoms with E-state index in [-0.39, 0.29) is 34.4 Å². The topological polar surface area (TPSA) is 166 Å². The Hall–Kier alpha value is -3.51. The summed E-state index contributed by atoms with van der Waals surface area (Å²) in [4.78, 5) is 52.1. The van der Waals surface area contributed by atoms with E-state index in [1.165, 1.54) is 36.8 Å². The number of unbranched alkanes of at least 4 members (excludes halogenated alkanes) is 1. The molecule has 2 amide bonds. The first kappa shape index (κ1) is 43.1. The summed E-state index contributed by atoms with van der Waals surface area (Å²) in [6.07, 6.45) is 7.00. The number of carboxylic acids is 1. The third kappa shape index (κ3) is 7.40. The number of benzene rings is 1. The first-order valence-electron chi connectivity index (χ1n) is 21.2. The number of urea groups is 1. The number of amides is 2. The largest absolute Gasteiger partial charge is 0.481 e. The normalized spacial score (nSPS) is 37.9. The molecule has 12 atom stereocenters. The van der Waals surface area contributed by atoms with Gasteiger partial charge in [-0.1, -0.05) is 60.1 Å². The van der Waals surface area contributed by atoms with Crippen LogP contribution in [0.4, 0.5) is 14.9 Å². The van der Waals surface area contributed by atoms with E-state index >= 15 is 0 Å². The van der Waals surface area contributed by atoms with E-state index in [0.717, 1.165) is 25.7 Å². The summed E-state index contributed by atoms with van der Waals surface area (Å²) in [7, 11) is 0. The van der Waals surface area contributed by atoms with Crippen LogP contribution in [0.1, 0.15) is 113 Å². The van der Waals surface area contributed by atoms with Crippen LogP contribution in [0.5, 0.6) is 0 Å². The Kier molecular flexibility index (Phi) is 12.0. The van der Waals surface area contributed by atoms with Gasteiger partial charge in [-0.25, -0.2) is 9.18 Å². The first-order valence-corrected chi connectivity index (χ1v) is 21.2. The van der Waals surface area contributed by atoms with E-state index in [2.05, 4.69) is 65.2 Å². The van der Waals surface area contributed by atoms with E-state index < -0.39 is 64.4 Å². The monoisotopic (exact) mass is 795 g/mol. The van der Waals surface area contributed by atoms with Gasteiger partial charge in [0.15, 0.2) is 0 Å². The van der Waals surface area contributed by atoms with Crippen molar-refractivity contribution in [1.82, 2.24) is 5.32 Å². The molecule has 2 bridgehead atoms. The van der Waals surface area contributed by atoms with E-state index in [4.69, 9.17) is 19.9 Å². The Morgan fingerprint density at radius 3 is 2.33 bits per heavy atom. The minimum Gasteiger partial charge on any atom is -0.481 e. The quantitative estimate of drug-likeness (QED) is 0.0936. The van der Waals surface area contributed by atoms with Crippen LogP contribution >= 0.6 is 0 Å². The fourth-order valence-corrected chi connectivity index (χ4v) is 12.8. The number of hydrogen-bond acceptors (Lipinski definition) is 8. The third-order valence-corrected chi connectivity index (χ3v) is 16.3. The zero-order valence-electron chi connectivity index (χ0n) is 35.3. The molecule has 0 aromatic heterocycles. The lowest BCUT2D eigenvalue weighted by Gasteiger charge is -2.71. The molecule has 316 valence electrons. The molecule has 1 aromatic rings. The molecule has 57 heavy (non-hydrogen) atoms. The van der Waals surface area contributed by atoms with Gasteiger partial charge in [0, 0.05) is 30.0 Å². The minimum atomic E-state index is -0.914. The molecular weight excluding hydrogens is 730 g/mol. The van der Waals surface area contributed by atoms with Gasteiger partial charge < -0.3 is 35.7 Å². The maximum Gasteiger partial charge on any atom is 0.323 e. The molecule has 3 saturated carbocycles. The van der Waals surface area contributed by atoms with Crippen LogP contribution < -0.4 is 16.4 Å². The van der Waals surface area contributed by atoms with Gasteiger partial charge in [-0.15, -0.1) is 0 Å². The number of hydrogen-bond donors (Lipinski definition) is 4. The van der Waals surface area contributed by atoms with E-state index in [0.29, 0.717) is 63.5 Å². The summed E-state index contributed by atoms with van der Waals surface area (Å²) in [5, 5.41) is 16.4. The Morgan fingerprint density at radius 1 is 0.982 bits per heavy atom. The number of nitrogens with two attached hydrogens (primary N) is 1. The van der Waals surface area contributed by atoms with Crippen LogP contribution in [0.25, 0.3) is 0 Å². The number of carbonyl (C=O) groups is 4. The molecule has 0 spiro atoms. The van der Waals surface area contributed by atoms with Crippen LogP contribution in [0.2, 0.25) is 0 Å². The molecule has 1 aromatic carbocycles. The summed E-state index contributed by atoms with van der Waals surface area (Å²) in [6.45, 7) is 18.1. The summed E-state index contributed by atoms with van der Waals surface area (Å²) < 4.78 is 32.1. The van der Waals surface area contributed by atoms with Crippen molar-refractivity contribution in [3.05, 3.63) is 41.7 Å². The van der Waals surface area contributed by atoms with Gasteiger partial charge in [0.1, 0.15) is 24.1 Å². The van der Waals surface area contributed by atoms with E-state index in [9.17, 15) is 28.7 Å². The predicted molar refractivity (Wildman–Crippen MR) is 214 cm³/mol. The molecule has 5 aliphatic rings. The average molecular weight is 796 g/mol. The van der Waals surface area contributed by atoms with Gasteiger partial charge in [0.2, 0.25) is 0 Å². The lowest BCUT2D eigenvalue weighted by atomic mass is 9.34. The van der Waals surface area contributed by atoms with Crippen molar-refractivity contribution in [1.29, 1.82) is 0 Å². The first-order chi connectivity index (χ1) is 26.7. The Bertz CT molecular complexity index is 1740. The molecule has 0 radical (unpaired) electrons. The third-order valence-electron chi connectivity index (χ3n) is 16.3. The number of anilines is 1. The highest BCUT2D eigenvalue weighted by molar-refractivity contribution is 5.89. The zero-order valence-corrected chi connectivity index (χ0v) is 35.3. The average Bonchev–Trinajstić information content (AvgIpc) is 3.13. The lowest BCUT2D eigenvalue weighted by Crippen LogP contribution is -2.70. The molecule has 11 nitrogen and oxygen atoms in total. The molecule has 1 unspecified atom stereocenters. The Balaban J connectivity index is 1.18. The highest BCUT2D eigenvalue weighted by atomic mass is 19.1. The molecule has 1 saturated heterocycles. The van der Waals surface area contributed by atoms with Crippen LogP contribution in [-0.4, -0.2) is 67.1 Å². The van der Waals surface area contributed by atoms with Gasteiger partial charge >= 0.3 is 23.9 Å². The molecule has 6 rings (SSSR count). The number of esters is 2. The van der Waals surface area contributed by atoms with Gasteiger partial charge in [0.25, 0.3) is 0 Å². The van der Waals surface area contributed by atoms with Crippen molar-refractivity contribution in [2.24, 2.45) is 62.4 Å². The number of rotatable bonds is 12. The van der Waals surface area contributed by atoms with Crippen molar-refractivity contribution in [3.8, 4) is 0 Å². The summed E-state index contributed by atoms with van der Waals surface area (Å²) in [5.41, 5.74) is 6.01. The number of nitrogens with one attached hydrogen (secondary N) is 2. The maximum absolute atomic E-state index is 13.7. The fraction of sp³-hybridized carbons (Fsp3) is 0.733. The van der Waals surface area contributed by atoms with Crippen molar-refractivity contribution in [2.45, 2.75) is 131 Å². The summed E-state index contributed by atoms with van der Waals surface area (Å²) in [5.74, 6) is -1.76. The van der Waals surface area contributed by atoms with Gasteiger partial charge in [-0.05, 0) is 122 Å². The number of ether oxygens (including phenoxy) is 3. The molecule has 1 heterocycles. The standard InChI is InChI=1S/C45H66FN3O8/c1-26(2)27(3)41(5)20-21-43(7)31-16-17-35-42(6)24-55-25-45(35,32(31)18-19-44(43,8)36(41)38(51)52)23-34(56-28(4)50)37(42)57-39(53)33(47)11-9-10-22-48-40(54)49-30-14-12-29(46)13-15-30/h12-15,18,26-27,31,33-37H,9-11,16-17,19-25,47H2,1-8H3,(H,51,52)(H2,48,49,54)/t27-,31+,33?,34-,35+,36-,37+,41-,42-,43-,44+,45-/m1/s1. The number of allylic oxidation sites excluding steroid dienone is 1. The molecular formula is C45H66FN3O8. The highest BCUT2D eigenvalue weighted by Gasteiger charge is 2.72. The predicted octanol–water partition coefficient (Wildman–Crippen LogP) is 7.88. The molecule has 5 N–H and O–H groups in total. The zero-order chi connectivity index (χ0) is 41.7. The van der Waals surface area contributed by atoms with Crippen molar-refractivity contribution < 1.29 is 42.9 Å². The van der Waals surface area contributed by atoms with Crippen molar-refractivity contribution in [3.63, 3.8) is 0 Å².